The summed E-state index contributed by atoms with van der Waals surface area (Å²) < 4.78 is 5.76. The lowest BCUT2D eigenvalue weighted by atomic mass is 10.1. The number of ether oxygens (including phenoxy) is 1. The molecule has 0 spiro atoms. The molecule has 0 unspecified atom stereocenters. The van der Waals surface area contributed by atoms with Gasteiger partial charge in [0.2, 0.25) is 0 Å². The number of allylic oxidation sites excluding steroid dienone is 4. The van der Waals surface area contributed by atoms with E-state index in [1.165, 1.54) is 11.1 Å². The molecular weight excluding hydrogens is 268 g/mol. The summed E-state index contributed by atoms with van der Waals surface area (Å²) in [4.78, 5) is 0. The van der Waals surface area contributed by atoms with Crippen LogP contribution in [0.25, 0.3) is 12.2 Å². The molecule has 0 bridgehead atoms. The van der Waals surface area contributed by atoms with E-state index in [0.717, 1.165) is 11.3 Å². The molecule has 1 aliphatic heterocycles. The van der Waals surface area contributed by atoms with Gasteiger partial charge in [-0.05, 0) is 23.3 Å². The topological polar surface area (TPSA) is 9.23 Å². The van der Waals surface area contributed by atoms with Crippen molar-refractivity contribution < 1.29 is 4.74 Å². The van der Waals surface area contributed by atoms with Crippen molar-refractivity contribution >= 4 is 12.2 Å². The first-order valence-electron chi connectivity index (χ1n) is 7.42. The van der Waals surface area contributed by atoms with Crippen molar-refractivity contribution in [1.82, 2.24) is 0 Å². The van der Waals surface area contributed by atoms with Gasteiger partial charge in [-0.3, -0.25) is 0 Å². The Balaban J connectivity index is 1.82. The maximum Gasteiger partial charge on any atom is 0.127 e. The highest BCUT2D eigenvalue weighted by Crippen LogP contribution is 2.18. The first-order valence-corrected chi connectivity index (χ1v) is 7.42. The van der Waals surface area contributed by atoms with E-state index in [9.17, 15) is 0 Å². The first kappa shape index (κ1) is 14.2. The maximum absolute atomic E-state index is 5.76. The standard InChI is InChI=1S/C21H18O/c1-3-8-18(9-4-1)13-15-20-12-7-17-22-21(20)16-14-19-10-5-2-6-11-19/h1-16H,17H2. The molecular formula is C21H18O. The zero-order valence-electron chi connectivity index (χ0n) is 12.4. The highest BCUT2D eigenvalue weighted by molar-refractivity contribution is 5.59. The second-order valence-corrected chi connectivity index (χ2v) is 5.02. The quantitative estimate of drug-likeness (QED) is 0.745. The predicted octanol–water partition coefficient (Wildman–Crippen LogP) is 5.25. The number of hydrogen-bond acceptors (Lipinski definition) is 1. The molecule has 1 aliphatic rings. The molecule has 22 heavy (non-hydrogen) atoms. The van der Waals surface area contributed by atoms with Gasteiger partial charge in [0.15, 0.2) is 0 Å². The Bertz CT molecular complexity index is 719. The van der Waals surface area contributed by atoms with E-state index in [0.29, 0.717) is 6.61 Å². The fourth-order valence-electron chi connectivity index (χ4n) is 2.25. The molecule has 3 rings (SSSR count). The Morgan fingerprint density at radius 3 is 1.91 bits per heavy atom. The van der Waals surface area contributed by atoms with E-state index in [1.807, 2.05) is 48.6 Å². The Morgan fingerprint density at radius 1 is 0.682 bits per heavy atom. The molecule has 0 radical (unpaired) electrons. The highest BCUT2D eigenvalue weighted by Gasteiger charge is 2.04. The maximum atomic E-state index is 5.76. The second kappa shape index (κ2) is 7.28. The van der Waals surface area contributed by atoms with Crippen LogP contribution in [0.4, 0.5) is 0 Å². The van der Waals surface area contributed by atoms with Crippen molar-refractivity contribution in [1.29, 1.82) is 0 Å². The fourth-order valence-corrected chi connectivity index (χ4v) is 2.25. The van der Waals surface area contributed by atoms with Crippen molar-refractivity contribution in [3.8, 4) is 0 Å². The van der Waals surface area contributed by atoms with Crippen molar-refractivity contribution in [3.05, 3.63) is 107 Å². The van der Waals surface area contributed by atoms with Crippen molar-refractivity contribution in [2.45, 2.75) is 0 Å². The van der Waals surface area contributed by atoms with Gasteiger partial charge in [0.05, 0.1) is 0 Å². The molecule has 0 amide bonds. The molecule has 1 nitrogen and oxygen atoms in total. The van der Waals surface area contributed by atoms with E-state index in [1.54, 1.807) is 0 Å². The molecule has 0 fully saturated rings. The smallest absolute Gasteiger partial charge is 0.127 e. The van der Waals surface area contributed by atoms with Crippen LogP contribution >= 0.6 is 0 Å². The van der Waals surface area contributed by atoms with Crippen LogP contribution in [0.15, 0.2) is 96.3 Å². The van der Waals surface area contributed by atoms with Gasteiger partial charge in [0.1, 0.15) is 12.4 Å². The van der Waals surface area contributed by atoms with Crippen LogP contribution in [0.1, 0.15) is 11.1 Å². The van der Waals surface area contributed by atoms with Gasteiger partial charge in [-0.2, -0.15) is 0 Å². The fraction of sp³-hybridized carbons (Fsp3) is 0.0476. The summed E-state index contributed by atoms with van der Waals surface area (Å²) in [5.74, 6) is 0.901. The minimum absolute atomic E-state index is 0.622. The van der Waals surface area contributed by atoms with Gasteiger partial charge in [-0.1, -0.05) is 85.0 Å². The summed E-state index contributed by atoms with van der Waals surface area (Å²) in [7, 11) is 0. The summed E-state index contributed by atoms with van der Waals surface area (Å²) in [6.45, 7) is 0.622. The van der Waals surface area contributed by atoms with Crippen molar-refractivity contribution in [3.63, 3.8) is 0 Å². The Kier molecular flexibility index (Phi) is 4.68. The minimum atomic E-state index is 0.622. The largest absolute Gasteiger partial charge is 0.489 e. The van der Waals surface area contributed by atoms with Crippen LogP contribution in [-0.4, -0.2) is 6.61 Å². The van der Waals surface area contributed by atoms with E-state index >= 15 is 0 Å². The molecule has 2 aromatic rings. The van der Waals surface area contributed by atoms with Gasteiger partial charge < -0.3 is 4.74 Å². The zero-order chi connectivity index (χ0) is 15.0. The van der Waals surface area contributed by atoms with Gasteiger partial charge in [-0.15, -0.1) is 0 Å². The van der Waals surface area contributed by atoms with Gasteiger partial charge in [-0.25, -0.2) is 0 Å². The molecule has 108 valence electrons. The molecule has 1 heterocycles. The van der Waals surface area contributed by atoms with E-state index in [2.05, 4.69) is 48.6 Å². The highest BCUT2D eigenvalue weighted by atomic mass is 16.5. The Morgan fingerprint density at radius 2 is 1.27 bits per heavy atom. The van der Waals surface area contributed by atoms with Gasteiger partial charge in [0, 0.05) is 5.57 Å². The summed E-state index contributed by atoms with van der Waals surface area (Å²) >= 11 is 0. The lowest BCUT2D eigenvalue weighted by molar-refractivity contribution is 0.255. The third kappa shape index (κ3) is 3.86. The van der Waals surface area contributed by atoms with Crippen molar-refractivity contribution in [2.24, 2.45) is 0 Å². The number of benzene rings is 2. The SMILES string of the molecule is C1=CC(C=Cc2ccccc2)=C(C=Cc2ccccc2)OC1. The molecule has 0 aromatic heterocycles. The molecule has 0 saturated heterocycles. The molecule has 0 atom stereocenters. The molecule has 0 aliphatic carbocycles. The zero-order valence-corrected chi connectivity index (χ0v) is 12.4. The van der Waals surface area contributed by atoms with E-state index < -0.39 is 0 Å². The molecule has 0 saturated carbocycles. The number of hydrogen-bond donors (Lipinski definition) is 0. The molecule has 2 aromatic carbocycles. The van der Waals surface area contributed by atoms with E-state index in [-0.39, 0.29) is 0 Å². The lowest BCUT2D eigenvalue weighted by Crippen LogP contribution is -1.98. The van der Waals surface area contributed by atoms with Crippen LogP contribution in [-0.2, 0) is 4.74 Å². The molecule has 0 N–H and O–H groups in total. The first-order chi connectivity index (χ1) is 10.9. The average molecular weight is 286 g/mol. The minimum Gasteiger partial charge on any atom is -0.489 e. The third-order valence-corrected chi connectivity index (χ3v) is 3.40. The molecule has 1 heteroatoms. The van der Waals surface area contributed by atoms with Crippen LogP contribution in [0.3, 0.4) is 0 Å². The summed E-state index contributed by atoms with van der Waals surface area (Å²) in [6, 6.07) is 20.5. The lowest BCUT2D eigenvalue weighted by Gasteiger charge is -2.12. The summed E-state index contributed by atoms with van der Waals surface area (Å²) in [5, 5.41) is 0. The summed E-state index contributed by atoms with van der Waals surface area (Å²) in [6.07, 6.45) is 12.4. The van der Waals surface area contributed by atoms with Crippen LogP contribution in [0, 0.1) is 0 Å². The Hall–Kier alpha value is -2.80. The monoisotopic (exact) mass is 286 g/mol. The van der Waals surface area contributed by atoms with Gasteiger partial charge in [0.25, 0.3) is 0 Å². The summed E-state index contributed by atoms with van der Waals surface area (Å²) in [5.41, 5.74) is 3.43. The van der Waals surface area contributed by atoms with Crippen LogP contribution < -0.4 is 0 Å². The van der Waals surface area contributed by atoms with Gasteiger partial charge >= 0.3 is 0 Å². The Labute approximate surface area is 131 Å². The third-order valence-electron chi connectivity index (χ3n) is 3.40. The normalized spacial score (nSPS) is 14.7. The predicted molar refractivity (Wildman–Crippen MR) is 93.1 cm³/mol. The van der Waals surface area contributed by atoms with E-state index in [4.69, 9.17) is 4.74 Å². The number of rotatable bonds is 4. The average Bonchev–Trinajstić information content (AvgIpc) is 2.61. The van der Waals surface area contributed by atoms with Crippen LogP contribution in [0.2, 0.25) is 0 Å². The van der Waals surface area contributed by atoms with Crippen molar-refractivity contribution in [2.75, 3.05) is 6.61 Å². The van der Waals surface area contributed by atoms with Crippen LogP contribution in [0.5, 0.6) is 0 Å². The second-order valence-electron chi connectivity index (χ2n) is 5.02.